The number of ketones is 1. The minimum Gasteiger partial charge on any atom is -0.486 e. The summed E-state index contributed by atoms with van der Waals surface area (Å²) >= 11 is 0. The van der Waals surface area contributed by atoms with Gasteiger partial charge in [0.05, 0.1) is 23.5 Å². The van der Waals surface area contributed by atoms with Gasteiger partial charge in [-0.25, -0.2) is 12.8 Å². The summed E-state index contributed by atoms with van der Waals surface area (Å²) in [6.45, 7) is 6.81. The van der Waals surface area contributed by atoms with E-state index in [-0.39, 0.29) is 36.0 Å². The molecular weight excluding hydrogens is 485 g/mol. The van der Waals surface area contributed by atoms with Gasteiger partial charge in [0.15, 0.2) is 0 Å². The first-order chi connectivity index (χ1) is 16.8. The maximum atomic E-state index is 14.4. The van der Waals surface area contributed by atoms with Crippen LogP contribution in [0.2, 0.25) is 0 Å². The fraction of sp³-hybridized carbons (Fsp3) is 0.481. The van der Waals surface area contributed by atoms with Crippen LogP contribution in [-0.2, 0) is 30.8 Å². The van der Waals surface area contributed by atoms with Gasteiger partial charge in [-0.15, -0.1) is 0 Å². The lowest BCUT2D eigenvalue weighted by Crippen LogP contribution is -2.43. The third-order valence-corrected chi connectivity index (χ3v) is 7.89. The van der Waals surface area contributed by atoms with Gasteiger partial charge in [-0.1, -0.05) is 6.07 Å². The Bertz CT molecular complexity index is 1280. The summed E-state index contributed by atoms with van der Waals surface area (Å²) in [5.41, 5.74) is 0.644. The van der Waals surface area contributed by atoms with Crippen molar-refractivity contribution in [1.82, 2.24) is 0 Å². The topological polar surface area (TPSA) is 90.0 Å². The highest BCUT2D eigenvalue weighted by Crippen LogP contribution is 2.43. The summed E-state index contributed by atoms with van der Waals surface area (Å²) in [4.78, 5) is 23.9. The molecule has 7 nitrogen and oxygen atoms in total. The van der Waals surface area contributed by atoms with Crippen LogP contribution in [0.1, 0.15) is 70.4 Å². The minimum absolute atomic E-state index is 0.00140. The van der Waals surface area contributed by atoms with Crippen LogP contribution in [0.25, 0.3) is 0 Å². The van der Waals surface area contributed by atoms with Crippen LogP contribution in [-0.4, -0.2) is 38.4 Å². The van der Waals surface area contributed by atoms with Crippen molar-refractivity contribution in [2.24, 2.45) is 0 Å². The molecule has 2 aromatic rings. The summed E-state index contributed by atoms with van der Waals surface area (Å²) < 4.78 is 54.8. The predicted molar refractivity (Wildman–Crippen MR) is 133 cm³/mol. The Morgan fingerprint density at radius 3 is 2.50 bits per heavy atom. The zero-order valence-electron chi connectivity index (χ0n) is 21.0. The Labute approximate surface area is 211 Å². The summed E-state index contributed by atoms with van der Waals surface area (Å²) in [5.74, 6) is -0.464. The zero-order chi connectivity index (χ0) is 26.3. The summed E-state index contributed by atoms with van der Waals surface area (Å²) in [5, 5.41) is 0. The SMILES string of the molecule is CC(=O)CC[C@H]1CN(S(=O)(=O)c2ccc(F)c(C3CC3)c2)c2cc(CC(=O)OC(C)(C)C)ccc2O1. The number of fused-ring (bicyclic) bond motifs is 1. The smallest absolute Gasteiger partial charge is 0.310 e. The Kier molecular flexibility index (Phi) is 7.14. The molecule has 0 aromatic heterocycles. The molecule has 0 bridgehead atoms. The van der Waals surface area contributed by atoms with Crippen LogP contribution >= 0.6 is 0 Å². The summed E-state index contributed by atoms with van der Waals surface area (Å²) in [6, 6.07) is 8.85. The van der Waals surface area contributed by atoms with Crippen LogP contribution in [0, 0.1) is 5.82 Å². The van der Waals surface area contributed by atoms with Crippen LogP contribution in [0.5, 0.6) is 5.75 Å². The quantitative estimate of drug-likeness (QED) is 0.462. The van der Waals surface area contributed by atoms with Gasteiger partial charge >= 0.3 is 5.97 Å². The fourth-order valence-electron chi connectivity index (χ4n) is 4.27. The van der Waals surface area contributed by atoms with E-state index in [9.17, 15) is 22.4 Å². The minimum atomic E-state index is -4.08. The number of carbonyl (C=O) groups is 2. The van der Waals surface area contributed by atoms with Crippen molar-refractivity contribution in [3.8, 4) is 5.75 Å². The lowest BCUT2D eigenvalue weighted by atomic mass is 10.1. The number of benzene rings is 2. The van der Waals surface area contributed by atoms with Gasteiger partial charge in [-0.3, -0.25) is 9.10 Å². The first-order valence-corrected chi connectivity index (χ1v) is 13.6. The molecule has 1 aliphatic heterocycles. The fourth-order valence-corrected chi connectivity index (χ4v) is 5.81. The Hall–Kier alpha value is -2.94. The summed E-state index contributed by atoms with van der Waals surface area (Å²) in [7, 11) is -4.08. The van der Waals surface area contributed by atoms with Crippen LogP contribution < -0.4 is 9.04 Å². The van der Waals surface area contributed by atoms with Gasteiger partial charge in [0.1, 0.15) is 29.1 Å². The van der Waals surface area contributed by atoms with Crippen LogP contribution in [0.3, 0.4) is 0 Å². The second-order valence-electron chi connectivity index (χ2n) is 10.5. The third kappa shape index (κ3) is 6.06. The average Bonchev–Trinajstić information content (AvgIpc) is 3.61. The highest BCUT2D eigenvalue weighted by Gasteiger charge is 2.36. The van der Waals surface area contributed by atoms with Gasteiger partial charge in [0.25, 0.3) is 10.0 Å². The molecule has 0 N–H and O–H groups in total. The second kappa shape index (κ2) is 9.84. The number of carbonyl (C=O) groups excluding carboxylic acids is 2. The number of rotatable bonds is 8. The van der Waals surface area contributed by atoms with E-state index in [0.29, 0.717) is 29.0 Å². The van der Waals surface area contributed by atoms with E-state index in [4.69, 9.17) is 9.47 Å². The van der Waals surface area contributed by atoms with Gasteiger partial charge in [0.2, 0.25) is 0 Å². The highest BCUT2D eigenvalue weighted by atomic mass is 32.2. The molecule has 36 heavy (non-hydrogen) atoms. The molecule has 1 saturated carbocycles. The molecule has 0 unspecified atom stereocenters. The average molecular weight is 518 g/mol. The normalized spacial score (nSPS) is 17.8. The number of esters is 1. The zero-order valence-corrected chi connectivity index (χ0v) is 21.9. The van der Waals surface area contributed by atoms with E-state index >= 15 is 0 Å². The van der Waals surface area contributed by atoms with Crippen LogP contribution in [0.15, 0.2) is 41.3 Å². The number of nitrogens with zero attached hydrogens (tertiary/aromatic N) is 1. The number of Topliss-reactive ketones (excluding diaryl/α,β-unsaturated/α-hetero) is 1. The monoisotopic (exact) mass is 517 g/mol. The number of hydrogen-bond acceptors (Lipinski definition) is 6. The molecule has 1 atom stereocenters. The number of halogens is 1. The van der Waals surface area contributed by atoms with E-state index < -0.39 is 33.5 Å². The Morgan fingerprint density at radius 2 is 1.86 bits per heavy atom. The molecule has 9 heteroatoms. The number of hydrogen-bond donors (Lipinski definition) is 0. The molecule has 1 fully saturated rings. The molecule has 0 spiro atoms. The largest absolute Gasteiger partial charge is 0.486 e. The standard InChI is InChI=1S/C27H32FNO6S/c1-17(30)5-9-20-16-29(36(32,33)21-10-11-23(28)22(15-21)19-7-8-19)24-13-18(6-12-25(24)34-20)14-26(31)35-27(2,3)4/h6,10-13,15,19-20H,5,7-9,14,16H2,1-4H3/t20-/m0/s1. The molecule has 194 valence electrons. The van der Waals surface area contributed by atoms with Crippen molar-refractivity contribution >= 4 is 27.5 Å². The van der Waals surface area contributed by atoms with Gasteiger partial charge < -0.3 is 14.3 Å². The first kappa shape index (κ1) is 26.1. The van der Waals surface area contributed by atoms with E-state index in [1.54, 1.807) is 39.0 Å². The van der Waals surface area contributed by atoms with Gasteiger partial charge in [0, 0.05) is 6.42 Å². The van der Waals surface area contributed by atoms with E-state index in [0.717, 1.165) is 12.8 Å². The van der Waals surface area contributed by atoms with Crippen molar-refractivity contribution < 1.29 is 31.9 Å². The molecule has 1 heterocycles. The molecule has 0 amide bonds. The van der Waals surface area contributed by atoms with Gasteiger partial charge in [-0.05, 0) is 94.3 Å². The summed E-state index contributed by atoms with van der Waals surface area (Å²) in [6.07, 6.45) is 1.72. The molecule has 0 radical (unpaired) electrons. The molecule has 1 aliphatic carbocycles. The lowest BCUT2D eigenvalue weighted by molar-refractivity contribution is -0.153. The first-order valence-electron chi connectivity index (χ1n) is 12.2. The predicted octanol–water partition coefficient (Wildman–Crippen LogP) is 4.91. The van der Waals surface area contributed by atoms with Crippen molar-refractivity contribution in [2.75, 3.05) is 10.8 Å². The molecule has 2 aromatic carbocycles. The van der Waals surface area contributed by atoms with E-state index in [1.165, 1.54) is 29.4 Å². The molecule has 4 rings (SSSR count). The maximum Gasteiger partial charge on any atom is 0.310 e. The number of ether oxygens (including phenoxy) is 2. The Morgan fingerprint density at radius 1 is 1.14 bits per heavy atom. The number of anilines is 1. The number of sulfonamides is 1. The van der Waals surface area contributed by atoms with Crippen LogP contribution in [0.4, 0.5) is 10.1 Å². The second-order valence-corrected chi connectivity index (χ2v) is 12.4. The lowest BCUT2D eigenvalue weighted by Gasteiger charge is -2.36. The van der Waals surface area contributed by atoms with Crippen molar-refractivity contribution in [3.63, 3.8) is 0 Å². The highest BCUT2D eigenvalue weighted by molar-refractivity contribution is 7.92. The van der Waals surface area contributed by atoms with Crippen molar-refractivity contribution in [2.45, 2.75) is 82.3 Å². The van der Waals surface area contributed by atoms with E-state index in [2.05, 4.69) is 0 Å². The maximum absolute atomic E-state index is 14.4. The Balaban J connectivity index is 1.70. The van der Waals surface area contributed by atoms with Crippen molar-refractivity contribution in [3.05, 3.63) is 53.3 Å². The van der Waals surface area contributed by atoms with E-state index in [1.807, 2.05) is 0 Å². The molecular formula is C27H32FNO6S. The van der Waals surface area contributed by atoms with Crippen molar-refractivity contribution in [1.29, 1.82) is 0 Å². The molecule has 0 saturated heterocycles. The third-order valence-electron chi connectivity index (χ3n) is 6.11. The molecule has 2 aliphatic rings. The van der Waals surface area contributed by atoms with Gasteiger partial charge in [-0.2, -0.15) is 0 Å².